The summed E-state index contributed by atoms with van der Waals surface area (Å²) in [5.74, 6) is -1.26. The second-order valence-corrected chi connectivity index (χ2v) is 5.32. The molecule has 1 aliphatic heterocycles. The van der Waals surface area contributed by atoms with Gasteiger partial charge in [0.15, 0.2) is 0 Å². The molecule has 0 radical (unpaired) electrons. The van der Waals surface area contributed by atoms with E-state index >= 15 is 0 Å². The number of rotatable bonds is 2. The largest absolute Gasteiger partial charge is 0.328 e. The summed E-state index contributed by atoms with van der Waals surface area (Å²) in [6.45, 7) is 1.25. The summed E-state index contributed by atoms with van der Waals surface area (Å²) in [6, 6.07) is 3.21. The van der Waals surface area contributed by atoms with Gasteiger partial charge in [0.2, 0.25) is 0 Å². The summed E-state index contributed by atoms with van der Waals surface area (Å²) in [6.07, 6.45) is 1.56. The second kappa shape index (κ2) is 6.98. The van der Waals surface area contributed by atoms with Gasteiger partial charge < -0.3 is 15.6 Å². The molecule has 0 saturated heterocycles. The molecule has 0 saturated carbocycles. The molecule has 0 fully saturated rings. The monoisotopic (exact) mass is 354 g/mol. The molecule has 3 N–H and O–H groups in total. The lowest BCUT2D eigenvalue weighted by Crippen LogP contribution is -2.37. The number of carbonyl (C=O) groups is 1. The van der Waals surface area contributed by atoms with Crippen LogP contribution in [0.2, 0.25) is 0 Å². The van der Waals surface area contributed by atoms with Gasteiger partial charge in [0, 0.05) is 19.8 Å². The molecule has 0 aliphatic carbocycles. The van der Waals surface area contributed by atoms with E-state index in [0.29, 0.717) is 25.1 Å². The number of anilines is 1. The summed E-state index contributed by atoms with van der Waals surface area (Å²) in [5, 5.41) is 5.54. The van der Waals surface area contributed by atoms with Crippen molar-refractivity contribution in [2.24, 2.45) is 7.05 Å². The zero-order valence-electron chi connectivity index (χ0n) is 12.8. The molecule has 1 aliphatic rings. The molecule has 0 unspecified atom stereocenters. The molecule has 7 nitrogen and oxygen atoms in total. The fraction of sp³-hybridized carbons (Fsp3) is 0.267. The molecule has 128 valence electrons. The molecule has 0 bridgehead atoms. The minimum absolute atomic E-state index is 0. The average molecular weight is 355 g/mol. The van der Waals surface area contributed by atoms with Gasteiger partial charge in [-0.3, -0.25) is 14.2 Å². The molecule has 2 heterocycles. The van der Waals surface area contributed by atoms with E-state index in [4.69, 9.17) is 0 Å². The van der Waals surface area contributed by atoms with Gasteiger partial charge in [-0.1, -0.05) is 6.07 Å². The van der Waals surface area contributed by atoms with Crippen molar-refractivity contribution in [1.29, 1.82) is 0 Å². The number of nitrogens with one attached hydrogen (secondary N) is 3. The van der Waals surface area contributed by atoms with Gasteiger partial charge in [0.25, 0.3) is 11.5 Å². The minimum atomic E-state index is -0.769. The van der Waals surface area contributed by atoms with E-state index < -0.39 is 23.0 Å². The summed E-state index contributed by atoms with van der Waals surface area (Å²) in [7, 11) is 1.25. The van der Waals surface area contributed by atoms with Crippen molar-refractivity contribution in [3.8, 4) is 0 Å². The Morgan fingerprint density at radius 1 is 1.33 bits per heavy atom. The van der Waals surface area contributed by atoms with Crippen LogP contribution in [0, 0.1) is 5.82 Å². The summed E-state index contributed by atoms with van der Waals surface area (Å²) >= 11 is 0. The molecule has 1 amide bonds. The van der Waals surface area contributed by atoms with Crippen LogP contribution in [0.3, 0.4) is 0 Å². The molecule has 9 heteroatoms. The van der Waals surface area contributed by atoms with Crippen LogP contribution in [0.4, 0.5) is 10.1 Å². The maximum Gasteiger partial charge on any atom is 0.328 e. The number of aromatic amines is 1. The Hall–Kier alpha value is -2.45. The average Bonchev–Trinajstić information content (AvgIpc) is 2.55. The van der Waals surface area contributed by atoms with Gasteiger partial charge in [0.1, 0.15) is 11.4 Å². The van der Waals surface area contributed by atoms with Crippen molar-refractivity contribution >= 4 is 24.0 Å². The normalized spacial score (nSPS) is 12.9. The summed E-state index contributed by atoms with van der Waals surface area (Å²) in [4.78, 5) is 37.7. The Balaban J connectivity index is 0.00000208. The highest BCUT2D eigenvalue weighted by atomic mass is 35.5. The van der Waals surface area contributed by atoms with E-state index in [-0.39, 0.29) is 23.7 Å². The van der Waals surface area contributed by atoms with Crippen LogP contribution in [0.1, 0.15) is 21.5 Å². The lowest BCUT2D eigenvalue weighted by atomic mass is 9.99. The molecular weight excluding hydrogens is 339 g/mol. The Morgan fingerprint density at radius 2 is 2.08 bits per heavy atom. The number of amides is 1. The van der Waals surface area contributed by atoms with Gasteiger partial charge in [-0.25, -0.2) is 9.18 Å². The first-order chi connectivity index (χ1) is 11.0. The number of hydrogen-bond donors (Lipinski definition) is 3. The highest BCUT2D eigenvalue weighted by Crippen LogP contribution is 2.24. The smallest absolute Gasteiger partial charge is 0.319 e. The Bertz CT molecular complexity index is 907. The van der Waals surface area contributed by atoms with Crippen molar-refractivity contribution in [1.82, 2.24) is 14.9 Å². The molecule has 24 heavy (non-hydrogen) atoms. The number of halogens is 2. The molecule has 1 aromatic heterocycles. The minimum Gasteiger partial charge on any atom is -0.319 e. The van der Waals surface area contributed by atoms with Crippen LogP contribution in [-0.2, 0) is 20.0 Å². The van der Waals surface area contributed by atoms with Crippen molar-refractivity contribution in [2.75, 3.05) is 11.9 Å². The Morgan fingerprint density at radius 3 is 2.83 bits per heavy atom. The number of aromatic nitrogens is 2. The van der Waals surface area contributed by atoms with Crippen LogP contribution >= 0.6 is 12.4 Å². The number of carbonyl (C=O) groups excluding carboxylic acids is 1. The van der Waals surface area contributed by atoms with Crippen LogP contribution in [-0.4, -0.2) is 22.0 Å². The van der Waals surface area contributed by atoms with E-state index in [0.717, 1.165) is 16.3 Å². The van der Waals surface area contributed by atoms with Crippen LogP contribution < -0.4 is 21.9 Å². The van der Waals surface area contributed by atoms with Crippen LogP contribution in [0.5, 0.6) is 0 Å². The van der Waals surface area contributed by atoms with E-state index in [1.807, 2.05) is 0 Å². The third kappa shape index (κ3) is 3.10. The highest BCUT2D eigenvalue weighted by Gasteiger charge is 2.19. The lowest BCUT2D eigenvalue weighted by Gasteiger charge is -2.19. The lowest BCUT2D eigenvalue weighted by molar-refractivity contribution is 0.102. The maximum absolute atomic E-state index is 14.5. The molecule has 3 rings (SSSR count). The number of benzene rings is 1. The molecular formula is C15H16ClFN4O3. The van der Waals surface area contributed by atoms with Crippen molar-refractivity contribution in [3.63, 3.8) is 0 Å². The van der Waals surface area contributed by atoms with Crippen LogP contribution in [0.25, 0.3) is 0 Å². The molecule has 1 aromatic carbocycles. The van der Waals surface area contributed by atoms with Crippen molar-refractivity contribution < 1.29 is 9.18 Å². The fourth-order valence-corrected chi connectivity index (χ4v) is 2.55. The molecule has 0 spiro atoms. The summed E-state index contributed by atoms with van der Waals surface area (Å²) < 4.78 is 15.3. The SMILES string of the molecule is Cl.Cn1c(=O)[nH]cc(C(=O)Nc2ccc3c(c2F)CCNC3)c1=O. The Labute approximate surface area is 142 Å². The van der Waals surface area contributed by atoms with Crippen molar-refractivity contribution in [3.05, 3.63) is 61.7 Å². The van der Waals surface area contributed by atoms with Gasteiger partial charge in [-0.2, -0.15) is 0 Å². The topological polar surface area (TPSA) is 96.0 Å². The Kier molecular flexibility index (Phi) is 5.20. The fourth-order valence-electron chi connectivity index (χ4n) is 2.55. The van der Waals surface area contributed by atoms with Gasteiger partial charge in [0.05, 0.1) is 5.69 Å². The summed E-state index contributed by atoms with van der Waals surface area (Å²) in [5.41, 5.74) is -0.190. The van der Waals surface area contributed by atoms with E-state index in [1.165, 1.54) is 13.1 Å². The second-order valence-electron chi connectivity index (χ2n) is 5.32. The van der Waals surface area contributed by atoms with Gasteiger partial charge in [-0.05, 0) is 30.2 Å². The van der Waals surface area contributed by atoms with Gasteiger partial charge in [-0.15, -0.1) is 12.4 Å². The zero-order valence-corrected chi connectivity index (χ0v) is 13.6. The predicted octanol–water partition coefficient (Wildman–Crippen LogP) is 0.532. The van der Waals surface area contributed by atoms with Crippen molar-refractivity contribution in [2.45, 2.75) is 13.0 Å². The zero-order chi connectivity index (χ0) is 16.6. The third-order valence-electron chi connectivity index (χ3n) is 3.88. The maximum atomic E-state index is 14.5. The van der Waals surface area contributed by atoms with Crippen LogP contribution in [0.15, 0.2) is 27.9 Å². The number of fused-ring (bicyclic) bond motifs is 1. The highest BCUT2D eigenvalue weighted by molar-refractivity contribution is 6.03. The molecule has 0 atom stereocenters. The predicted molar refractivity (Wildman–Crippen MR) is 89.3 cm³/mol. The van der Waals surface area contributed by atoms with Gasteiger partial charge >= 0.3 is 5.69 Å². The van der Waals surface area contributed by atoms with E-state index in [2.05, 4.69) is 15.6 Å². The quantitative estimate of drug-likeness (QED) is 0.733. The third-order valence-corrected chi connectivity index (χ3v) is 3.88. The number of H-pyrrole nitrogens is 1. The van der Waals surface area contributed by atoms with E-state index in [9.17, 15) is 18.8 Å². The standard InChI is InChI=1S/C15H15FN4O3.ClH/c1-20-14(22)10(7-18-15(20)23)13(21)19-11-3-2-8-6-17-5-4-9(8)12(11)16;/h2-3,7,17H,4-6H2,1H3,(H,18,23)(H,19,21);1H. The first-order valence-corrected chi connectivity index (χ1v) is 7.10. The first-order valence-electron chi connectivity index (χ1n) is 7.10. The van der Waals surface area contributed by atoms with E-state index in [1.54, 1.807) is 6.07 Å². The number of hydrogen-bond acceptors (Lipinski definition) is 4. The number of nitrogens with zero attached hydrogens (tertiary/aromatic N) is 1. The first kappa shape index (κ1) is 17.9. The molecule has 2 aromatic rings.